The lowest BCUT2D eigenvalue weighted by atomic mass is 10.1. The summed E-state index contributed by atoms with van der Waals surface area (Å²) in [5.74, 6) is -0.142. The van der Waals surface area contributed by atoms with Crippen LogP contribution in [-0.2, 0) is 11.3 Å². The summed E-state index contributed by atoms with van der Waals surface area (Å²) in [5.41, 5.74) is 7.40. The molecule has 1 aliphatic rings. The molecule has 1 saturated heterocycles. The van der Waals surface area contributed by atoms with E-state index in [0.29, 0.717) is 36.0 Å². The molecule has 22 heavy (non-hydrogen) atoms. The van der Waals surface area contributed by atoms with Crippen LogP contribution < -0.4 is 5.73 Å². The molecule has 0 saturated carbocycles. The summed E-state index contributed by atoms with van der Waals surface area (Å²) in [5, 5.41) is 4.39. The molecule has 1 aromatic carbocycles. The van der Waals surface area contributed by atoms with E-state index in [9.17, 15) is 4.79 Å². The van der Waals surface area contributed by atoms with Crippen LogP contribution in [0.15, 0.2) is 35.1 Å². The van der Waals surface area contributed by atoms with Crippen molar-refractivity contribution in [3.8, 4) is 0 Å². The number of hydrogen-bond acceptors (Lipinski definition) is 5. The molecular formula is C15H16ClN3O3. The molecule has 2 N–H and O–H groups in total. The van der Waals surface area contributed by atoms with Crippen LogP contribution in [0.25, 0.3) is 0 Å². The average Bonchev–Trinajstić information content (AvgIpc) is 3.03. The maximum absolute atomic E-state index is 12.6. The predicted molar refractivity (Wildman–Crippen MR) is 80.4 cm³/mol. The number of amides is 1. The highest BCUT2D eigenvalue weighted by atomic mass is 35.5. The van der Waals surface area contributed by atoms with E-state index in [0.717, 1.165) is 5.56 Å². The van der Waals surface area contributed by atoms with E-state index in [-0.39, 0.29) is 18.6 Å². The number of rotatable bonds is 3. The maximum Gasteiger partial charge on any atom is 0.259 e. The molecule has 1 fully saturated rings. The van der Waals surface area contributed by atoms with E-state index in [1.54, 1.807) is 4.90 Å². The zero-order valence-corrected chi connectivity index (χ0v) is 12.6. The molecule has 1 atom stereocenters. The van der Waals surface area contributed by atoms with Crippen molar-refractivity contribution >= 4 is 17.5 Å². The van der Waals surface area contributed by atoms with Gasteiger partial charge in [0, 0.05) is 18.1 Å². The van der Waals surface area contributed by atoms with Crippen molar-refractivity contribution in [2.75, 3.05) is 19.7 Å². The average molecular weight is 322 g/mol. The Kier molecular flexibility index (Phi) is 4.42. The second kappa shape index (κ2) is 6.48. The van der Waals surface area contributed by atoms with Gasteiger partial charge in [-0.05, 0) is 17.7 Å². The molecule has 1 aromatic heterocycles. The van der Waals surface area contributed by atoms with Crippen LogP contribution in [0.4, 0.5) is 0 Å². The molecule has 0 aliphatic carbocycles. The van der Waals surface area contributed by atoms with E-state index < -0.39 is 0 Å². The predicted octanol–water partition coefficient (Wildman–Crippen LogP) is 2.00. The Morgan fingerprint density at radius 2 is 2.36 bits per heavy atom. The topological polar surface area (TPSA) is 81.6 Å². The first-order chi connectivity index (χ1) is 10.7. The first-order valence-electron chi connectivity index (χ1n) is 6.98. The highest BCUT2D eigenvalue weighted by molar-refractivity contribution is 6.30. The zero-order valence-electron chi connectivity index (χ0n) is 11.9. The van der Waals surface area contributed by atoms with Gasteiger partial charge in [-0.2, -0.15) is 0 Å². The minimum atomic E-state index is -0.197. The molecule has 2 heterocycles. The number of hydrogen-bond donors (Lipinski definition) is 1. The molecule has 7 heteroatoms. The maximum atomic E-state index is 12.6. The summed E-state index contributed by atoms with van der Waals surface area (Å²) >= 11 is 6.01. The Balaban J connectivity index is 1.77. The van der Waals surface area contributed by atoms with E-state index in [4.69, 9.17) is 26.6 Å². The lowest BCUT2D eigenvalue weighted by Crippen LogP contribution is -2.42. The third-order valence-corrected chi connectivity index (χ3v) is 3.88. The van der Waals surface area contributed by atoms with Gasteiger partial charge in [0.2, 0.25) is 0 Å². The van der Waals surface area contributed by atoms with Gasteiger partial charge in [0.15, 0.2) is 0 Å². The van der Waals surface area contributed by atoms with Crippen molar-refractivity contribution in [3.63, 3.8) is 0 Å². The molecule has 6 nitrogen and oxygen atoms in total. The molecule has 116 valence electrons. The first-order valence-corrected chi connectivity index (χ1v) is 7.36. The Morgan fingerprint density at radius 3 is 3.14 bits per heavy atom. The Hall–Kier alpha value is -1.89. The van der Waals surface area contributed by atoms with Crippen molar-refractivity contribution in [1.29, 1.82) is 0 Å². The van der Waals surface area contributed by atoms with Gasteiger partial charge in [0.25, 0.3) is 5.91 Å². The van der Waals surface area contributed by atoms with Crippen LogP contribution >= 0.6 is 11.6 Å². The highest BCUT2D eigenvalue weighted by Crippen LogP contribution is 2.25. The van der Waals surface area contributed by atoms with Crippen molar-refractivity contribution < 1.29 is 14.1 Å². The van der Waals surface area contributed by atoms with E-state index >= 15 is 0 Å². The third-order valence-electron chi connectivity index (χ3n) is 3.64. The van der Waals surface area contributed by atoms with Crippen LogP contribution in [0, 0.1) is 0 Å². The second-order valence-corrected chi connectivity index (χ2v) is 5.48. The largest absolute Gasteiger partial charge is 0.370 e. The fourth-order valence-electron chi connectivity index (χ4n) is 2.49. The number of carbonyl (C=O) groups excluding carboxylic acids is 1. The third kappa shape index (κ3) is 2.99. The molecule has 0 bridgehead atoms. The van der Waals surface area contributed by atoms with E-state index in [2.05, 4.69) is 5.16 Å². The van der Waals surface area contributed by atoms with Gasteiger partial charge < -0.3 is 19.9 Å². The van der Waals surface area contributed by atoms with E-state index in [1.807, 2.05) is 24.3 Å². The van der Waals surface area contributed by atoms with Crippen LogP contribution in [0.3, 0.4) is 0 Å². The Labute approximate surface area is 132 Å². The summed E-state index contributed by atoms with van der Waals surface area (Å²) in [6.45, 7) is 1.60. The van der Waals surface area contributed by atoms with Gasteiger partial charge in [0.1, 0.15) is 23.6 Å². The van der Waals surface area contributed by atoms with Crippen LogP contribution in [0.5, 0.6) is 0 Å². The molecule has 3 rings (SSSR count). The van der Waals surface area contributed by atoms with Crippen molar-refractivity contribution in [3.05, 3.63) is 52.4 Å². The van der Waals surface area contributed by atoms with E-state index in [1.165, 1.54) is 6.26 Å². The van der Waals surface area contributed by atoms with Gasteiger partial charge in [-0.15, -0.1) is 0 Å². The van der Waals surface area contributed by atoms with Crippen LogP contribution in [-0.4, -0.2) is 35.7 Å². The monoisotopic (exact) mass is 321 g/mol. The second-order valence-electron chi connectivity index (χ2n) is 5.04. The molecule has 1 amide bonds. The quantitative estimate of drug-likeness (QED) is 0.935. The molecule has 1 aliphatic heterocycles. The molecule has 2 aromatic rings. The number of halogens is 1. The fraction of sp³-hybridized carbons (Fsp3) is 0.333. The van der Waals surface area contributed by atoms with Crippen LogP contribution in [0.1, 0.15) is 27.7 Å². The minimum Gasteiger partial charge on any atom is -0.370 e. The smallest absolute Gasteiger partial charge is 0.259 e. The minimum absolute atomic E-state index is 0.142. The Bertz CT molecular complexity index is 674. The summed E-state index contributed by atoms with van der Waals surface area (Å²) in [6, 6.07) is 7.47. The number of aromatic nitrogens is 1. The first kappa shape index (κ1) is 15.0. The number of carbonyl (C=O) groups is 1. The SMILES string of the molecule is NCc1nocc1C(=O)N1CCOC(c2cccc(Cl)c2)C1. The number of ether oxygens (including phenoxy) is 1. The molecule has 0 spiro atoms. The van der Waals surface area contributed by atoms with Gasteiger partial charge in [0.05, 0.1) is 13.2 Å². The molecule has 0 radical (unpaired) electrons. The van der Waals surface area contributed by atoms with Gasteiger partial charge in [-0.3, -0.25) is 4.79 Å². The molecule has 1 unspecified atom stereocenters. The number of benzene rings is 1. The van der Waals surface area contributed by atoms with Crippen molar-refractivity contribution in [2.45, 2.75) is 12.6 Å². The molecular weight excluding hydrogens is 306 g/mol. The zero-order chi connectivity index (χ0) is 15.5. The fourth-order valence-corrected chi connectivity index (χ4v) is 2.69. The number of morpholine rings is 1. The normalized spacial score (nSPS) is 18.5. The summed E-state index contributed by atoms with van der Waals surface area (Å²) in [7, 11) is 0. The van der Waals surface area contributed by atoms with Gasteiger partial charge in [-0.25, -0.2) is 0 Å². The lowest BCUT2D eigenvalue weighted by Gasteiger charge is -2.33. The number of nitrogens with zero attached hydrogens (tertiary/aromatic N) is 2. The Morgan fingerprint density at radius 1 is 1.50 bits per heavy atom. The van der Waals surface area contributed by atoms with Gasteiger partial charge in [-0.1, -0.05) is 28.9 Å². The lowest BCUT2D eigenvalue weighted by molar-refractivity contribution is -0.0228. The van der Waals surface area contributed by atoms with Crippen LogP contribution in [0.2, 0.25) is 5.02 Å². The number of nitrogens with two attached hydrogens (primary N) is 1. The van der Waals surface area contributed by atoms with Gasteiger partial charge >= 0.3 is 0 Å². The highest BCUT2D eigenvalue weighted by Gasteiger charge is 2.28. The summed E-state index contributed by atoms with van der Waals surface area (Å²) < 4.78 is 10.6. The summed E-state index contributed by atoms with van der Waals surface area (Å²) in [4.78, 5) is 14.3. The summed E-state index contributed by atoms with van der Waals surface area (Å²) in [6.07, 6.45) is 1.14. The van der Waals surface area contributed by atoms with Crippen molar-refractivity contribution in [1.82, 2.24) is 10.1 Å². The standard InChI is InChI=1S/C15H16ClN3O3/c16-11-3-1-2-10(6-11)14-8-19(4-5-21-14)15(20)12-9-22-18-13(12)7-17/h1-3,6,9,14H,4-5,7-8,17H2. The van der Waals surface area contributed by atoms with Crippen molar-refractivity contribution in [2.24, 2.45) is 5.73 Å².